The van der Waals surface area contributed by atoms with Gasteiger partial charge in [0.1, 0.15) is 11.2 Å². The zero-order chi connectivity index (χ0) is 33.9. The first-order valence-electron chi connectivity index (χ1n) is 17.8. The second-order valence-corrected chi connectivity index (χ2v) is 13.5. The number of aryl methyl sites for hydroxylation is 1. The molecule has 0 atom stereocenters. The molecule has 0 bridgehead atoms. The van der Waals surface area contributed by atoms with Crippen molar-refractivity contribution >= 4 is 54.3 Å². The fourth-order valence-electron chi connectivity index (χ4n) is 8.16. The molecular weight excluding hydrogens is 617 g/mol. The summed E-state index contributed by atoms with van der Waals surface area (Å²) in [6, 6.07) is 64.2. The van der Waals surface area contributed by atoms with E-state index in [9.17, 15) is 0 Å². The minimum atomic E-state index is 0.943. The molecular formula is C50H34O. The van der Waals surface area contributed by atoms with Crippen LogP contribution in [0.5, 0.6) is 0 Å². The van der Waals surface area contributed by atoms with Gasteiger partial charge in [-0.3, -0.25) is 0 Å². The van der Waals surface area contributed by atoms with Crippen LogP contribution in [0.4, 0.5) is 0 Å². The molecule has 1 heterocycles. The minimum Gasteiger partial charge on any atom is -0.455 e. The van der Waals surface area contributed by atoms with Gasteiger partial charge in [0, 0.05) is 16.3 Å². The minimum absolute atomic E-state index is 0.943. The van der Waals surface area contributed by atoms with E-state index in [2.05, 4.69) is 183 Å². The molecule has 0 saturated heterocycles. The van der Waals surface area contributed by atoms with Crippen LogP contribution in [0.25, 0.3) is 98.8 Å². The van der Waals surface area contributed by atoms with Crippen molar-refractivity contribution in [3.63, 3.8) is 0 Å². The molecule has 10 rings (SSSR count). The molecule has 1 heteroatoms. The van der Waals surface area contributed by atoms with Gasteiger partial charge in [-0.05, 0) is 108 Å². The standard InChI is InChI=1S/C50H34O/c1-2-32-24-26-43-46(28-32)51-50-44(31-38-18-9-10-21-39(38)49(43)50)37-20-13-19-35(29-37)36-25-27-42-45(30-36)48(34-16-7-4-8-17-34)41-23-12-11-22-40(41)47(42)33-14-5-3-6-15-33/h3-31H,2H2,1H3. The number of hydrogen-bond acceptors (Lipinski definition) is 1. The van der Waals surface area contributed by atoms with Crippen molar-refractivity contribution in [1.29, 1.82) is 0 Å². The van der Waals surface area contributed by atoms with E-state index in [0.29, 0.717) is 0 Å². The third-order valence-corrected chi connectivity index (χ3v) is 10.6. The van der Waals surface area contributed by atoms with Crippen LogP contribution in [-0.2, 0) is 6.42 Å². The van der Waals surface area contributed by atoms with Crippen molar-refractivity contribution in [3.8, 4) is 44.5 Å². The lowest BCUT2D eigenvalue weighted by Gasteiger charge is -2.19. The normalized spacial score (nSPS) is 11.7. The molecule has 0 N–H and O–H groups in total. The predicted molar refractivity (Wildman–Crippen MR) is 217 cm³/mol. The van der Waals surface area contributed by atoms with Crippen LogP contribution < -0.4 is 0 Å². The maximum Gasteiger partial charge on any atom is 0.143 e. The molecule has 0 aliphatic rings. The highest BCUT2D eigenvalue weighted by molar-refractivity contribution is 6.23. The van der Waals surface area contributed by atoms with E-state index in [4.69, 9.17) is 4.42 Å². The zero-order valence-electron chi connectivity index (χ0n) is 28.4. The van der Waals surface area contributed by atoms with Crippen LogP contribution in [0.15, 0.2) is 180 Å². The van der Waals surface area contributed by atoms with Crippen LogP contribution >= 0.6 is 0 Å². The Morgan fingerprint density at radius 3 is 1.69 bits per heavy atom. The molecule has 0 unspecified atom stereocenters. The number of rotatable bonds is 5. The van der Waals surface area contributed by atoms with Crippen LogP contribution in [0, 0.1) is 0 Å². The molecule has 0 fully saturated rings. The first-order chi connectivity index (χ1) is 25.2. The van der Waals surface area contributed by atoms with Crippen LogP contribution in [0.3, 0.4) is 0 Å². The molecule has 0 saturated carbocycles. The summed E-state index contributed by atoms with van der Waals surface area (Å²) < 4.78 is 6.75. The average Bonchev–Trinajstić information content (AvgIpc) is 3.59. The van der Waals surface area contributed by atoms with Crippen LogP contribution in [-0.4, -0.2) is 0 Å². The molecule has 1 aromatic heterocycles. The Labute approximate surface area is 297 Å². The highest BCUT2D eigenvalue weighted by atomic mass is 16.3. The first kappa shape index (κ1) is 29.5. The summed E-state index contributed by atoms with van der Waals surface area (Å²) in [5.41, 5.74) is 12.8. The molecule has 1 nitrogen and oxygen atoms in total. The van der Waals surface area contributed by atoms with E-state index in [1.165, 1.54) is 82.0 Å². The van der Waals surface area contributed by atoms with Crippen LogP contribution in [0.2, 0.25) is 0 Å². The maximum absolute atomic E-state index is 6.75. The van der Waals surface area contributed by atoms with Gasteiger partial charge in [-0.25, -0.2) is 0 Å². The number of furan rings is 1. The summed E-state index contributed by atoms with van der Waals surface area (Å²) in [5.74, 6) is 0. The lowest BCUT2D eigenvalue weighted by molar-refractivity contribution is 0.669. The van der Waals surface area contributed by atoms with Crippen molar-refractivity contribution in [3.05, 3.63) is 181 Å². The summed E-state index contributed by atoms with van der Waals surface area (Å²) in [5, 5.41) is 9.82. The SMILES string of the molecule is CCc1ccc2c(c1)oc1c(-c3cccc(-c4ccc5c(-c6ccccc6)c6ccccc6c(-c6ccccc6)c5c4)c3)cc3ccccc3c12. The van der Waals surface area contributed by atoms with Gasteiger partial charge in [-0.2, -0.15) is 0 Å². The van der Waals surface area contributed by atoms with Crippen molar-refractivity contribution in [2.45, 2.75) is 13.3 Å². The molecule has 0 aliphatic heterocycles. The lowest BCUT2D eigenvalue weighted by Crippen LogP contribution is -1.91. The smallest absolute Gasteiger partial charge is 0.143 e. The van der Waals surface area contributed by atoms with Crippen molar-refractivity contribution < 1.29 is 4.42 Å². The van der Waals surface area contributed by atoms with Crippen molar-refractivity contribution in [1.82, 2.24) is 0 Å². The Bertz CT molecular complexity index is 2930. The van der Waals surface area contributed by atoms with E-state index in [-0.39, 0.29) is 0 Å². The van der Waals surface area contributed by atoms with Gasteiger partial charge < -0.3 is 4.42 Å². The van der Waals surface area contributed by atoms with Crippen molar-refractivity contribution in [2.24, 2.45) is 0 Å². The predicted octanol–water partition coefficient (Wildman–Crippen LogP) is 14.3. The fraction of sp³-hybridized carbons (Fsp3) is 0.0400. The number of benzene rings is 9. The summed E-state index contributed by atoms with van der Waals surface area (Å²) in [4.78, 5) is 0. The first-order valence-corrected chi connectivity index (χ1v) is 17.8. The lowest BCUT2D eigenvalue weighted by atomic mass is 9.84. The number of hydrogen-bond donors (Lipinski definition) is 0. The molecule has 240 valence electrons. The van der Waals surface area contributed by atoms with Gasteiger partial charge >= 0.3 is 0 Å². The van der Waals surface area contributed by atoms with E-state index < -0.39 is 0 Å². The third kappa shape index (κ3) is 4.77. The Hall–Kier alpha value is -6.44. The third-order valence-electron chi connectivity index (χ3n) is 10.6. The molecule has 0 radical (unpaired) electrons. The average molecular weight is 651 g/mol. The Morgan fingerprint density at radius 2 is 0.961 bits per heavy atom. The Kier molecular flexibility index (Phi) is 6.85. The highest BCUT2D eigenvalue weighted by Crippen LogP contribution is 2.46. The quantitative estimate of drug-likeness (QED) is 0.169. The molecule has 10 aromatic rings. The fourth-order valence-corrected chi connectivity index (χ4v) is 8.16. The van der Waals surface area contributed by atoms with E-state index >= 15 is 0 Å². The Morgan fingerprint density at radius 1 is 0.392 bits per heavy atom. The van der Waals surface area contributed by atoms with Gasteiger partial charge in [-0.15, -0.1) is 0 Å². The second kappa shape index (κ2) is 11.9. The van der Waals surface area contributed by atoms with Crippen molar-refractivity contribution in [2.75, 3.05) is 0 Å². The molecule has 0 spiro atoms. The molecule has 51 heavy (non-hydrogen) atoms. The van der Waals surface area contributed by atoms with Gasteiger partial charge in [-0.1, -0.05) is 159 Å². The van der Waals surface area contributed by atoms with Gasteiger partial charge in [0.2, 0.25) is 0 Å². The van der Waals surface area contributed by atoms with E-state index in [1.54, 1.807) is 0 Å². The summed E-state index contributed by atoms with van der Waals surface area (Å²) in [6.45, 7) is 2.19. The van der Waals surface area contributed by atoms with Crippen LogP contribution in [0.1, 0.15) is 12.5 Å². The van der Waals surface area contributed by atoms with E-state index in [0.717, 1.165) is 28.7 Å². The molecule has 0 amide bonds. The summed E-state index contributed by atoms with van der Waals surface area (Å²) >= 11 is 0. The summed E-state index contributed by atoms with van der Waals surface area (Å²) in [7, 11) is 0. The number of fused-ring (bicyclic) bond motifs is 7. The summed E-state index contributed by atoms with van der Waals surface area (Å²) in [6.07, 6.45) is 0.975. The zero-order valence-corrected chi connectivity index (χ0v) is 28.4. The monoisotopic (exact) mass is 650 g/mol. The van der Waals surface area contributed by atoms with E-state index in [1.807, 2.05) is 0 Å². The van der Waals surface area contributed by atoms with Gasteiger partial charge in [0.05, 0.1) is 0 Å². The molecule has 0 aliphatic carbocycles. The topological polar surface area (TPSA) is 13.1 Å². The Balaban J connectivity index is 1.22. The van der Waals surface area contributed by atoms with Gasteiger partial charge in [0.15, 0.2) is 0 Å². The second-order valence-electron chi connectivity index (χ2n) is 13.5. The maximum atomic E-state index is 6.75. The highest BCUT2D eigenvalue weighted by Gasteiger charge is 2.19. The molecule has 9 aromatic carbocycles. The largest absolute Gasteiger partial charge is 0.455 e. The van der Waals surface area contributed by atoms with Gasteiger partial charge in [0.25, 0.3) is 0 Å².